The molecule has 0 aliphatic carbocycles. The number of benzene rings is 1. The van der Waals surface area contributed by atoms with Crippen LogP contribution in [0, 0.1) is 0 Å². The van der Waals surface area contributed by atoms with Gasteiger partial charge in [-0.15, -0.1) is 0 Å². The van der Waals surface area contributed by atoms with Crippen LogP contribution >= 0.6 is 0 Å². The Bertz CT molecular complexity index is 475. The van der Waals surface area contributed by atoms with E-state index in [1.165, 1.54) is 10.8 Å². The highest BCUT2D eigenvalue weighted by atomic mass is 16.3. The molecule has 2 rings (SSSR count). The van der Waals surface area contributed by atoms with Crippen molar-refractivity contribution in [1.29, 1.82) is 1.43 Å². The molecule has 0 atom stereocenters. The summed E-state index contributed by atoms with van der Waals surface area (Å²) in [6.45, 7) is 0. The van der Waals surface area contributed by atoms with Gasteiger partial charge in [-0.2, -0.15) is 0 Å². The molecule has 1 heterocycles. The molecule has 1 aromatic heterocycles. The highest BCUT2D eigenvalue weighted by molar-refractivity contribution is 5.32. The third-order valence-corrected chi connectivity index (χ3v) is 1.73. The minimum absolute atomic E-state index is 0.124. The molecular weight excluding hydrogens is 168 g/mol. The molecule has 2 N–H and O–H groups in total. The second-order valence-corrected chi connectivity index (χ2v) is 2.63. The van der Waals surface area contributed by atoms with Crippen LogP contribution in [0.2, 0.25) is 0 Å². The van der Waals surface area contributed by atoms with Crippen molar-refractivity contribution >= 4 is 0 Å². The van der Waals surface area contributed by atoms with Crippen LogP contribution < -0.4 is 5.69 Å². The number of aromatic nitrogens is 2. The Labute approximate surface area is 75.6 Å². The van der Waals surface area contributed by atoms with Crippen molar-refractivity contribution in [3.8, 4) is 11.6 Å². The molecule has 4 nitrogen and oxygen atoms in total. The average molecular weight is 177 g/mol. The van der Waals surface area contributed by atoms with Gasteiger partial charge in [0.2, 0.25) is 5.88 Å². The minimum Gasteiger partial charge on any atom is -0.493 e. The Morgan fingerprint density at radius 1 is 1.38 bits per heavy atom. The molecule has 13 heavy (non-hydrogen) atoms. The van der Waals surface area contributed by atoms with Crippen molar-refractivity contribution in [1.82, 2.24) is 9.55 Å². The molecule has 4 heteroatoms. The monoisotopic (exact) mass is 177 g/mol. The zero-order valence-corrected chi connectivity index (χ0v) is 6.73. The SMILES string of the molecule is [2H]Oc1cn(-c2ccccc2)c(=O)[nH]1. The van der Waals surface area contributed by atoms with Gasteiger partial charge in [-0.1, -0.05) is 18.2 Å². The van der Waals surface area contributed by atoms with Crippen molar-refractivity contribution < 1.29 is 5.11 Å². The number of aromatic amines is 1. The fourth-order valence-corrected chi connectivity index (χ4v) is 1.15. The van der Waals surface area contributed by atoms with Gasteiger partial charge in [0.1, 0.15) is 0 Å². The molecule has 0 saturated carbocycles. The predicted molar refractivity (Wildman–Crippen MR) is 48.1 cm³/mol. The van der Waals surface area contributed by atoms with E-state index in [1.807, 2.05) is 18.2 Å². The third-order valence-electron chi connectivity index (χ3n) is 1.73. The molecule has 0 saturated heterocycles. The van der Waals surface area contributed by atoms with E-state index in [4.69, 9.17) is 1.43 Å². The summed E-state index contributed by atoms with van der Waals surface area (Å²) in [7, 11) is 0. The van der Waals surface area contributed by atoms with E-state index in [0.29, 0.717) is 0 Å². The lowest BCUT2D eigenvalue weighted by Crippen LogP contribution is -2.13. The molecule has 2 aromatic rings. The summed E-state index contributed by atoms with van der Waals surface area (Å²) >= 11 is 0. The van der Waals surface area contributed by atoms with Crippen molar-refractivity contribution in [2.45, 2.75) is 0 Å². The summed E-state index contributed by atoms with van der Waals surface area (Å²) in [6, 6.07) is 9.11. The second kappa shape index (κ2) is 2.82. The number of H-pyrrole nitrogens is 1. The summed E-state index contributed by atoms with van der Waals surface area (Å²) in [5.41, 5.74) is 0.413. The number of rotatable bonds is 2. The Morgan fingerprint density at radius 2 is 2.15 bits per heavy atom. The molecule has 0 unspecified atom stereocenters. The maximum Gasteiger partial charge on any atom is 0.332 e. The van der Waals surface area contributed by atoms with Crippen LogP contribution in [0.15, 0.2) is 41.3 Å². The van der Waals surface area contributed by atoms with E-state index in [-0.39, 0.29) is 11.6 Å². The summed E-state index contributed by atoms with van der Waals surface area (Å²) < 4.78 is 8.01. The van der Waals surface area contributed by atoms with Gasteiger partial charge >= 0.3 is 5.69 Å². The molecule has 0 radical (unpaired) electrons. The maximum absolute atomic E-state index is 11.3. The van der Waals surface area contributed by atoms with Gasteiger partial charge in [0.25, 0.3) is 1.43 Å². The van der Waals surface area contributed by atoms with Crippen LogP contribution in [0.1, 0.15) is 0 Å². The molecule has 0 spiro atoms. The third kappa shape index (κ3) is 1.33. The quantitative estimate of drug-likeness (QED) is 0.715. The van der Waals surface area contributed by atoms with E-state index in [1.54, 1.807) is 12.1 Å². The molecule has 1 aromatic carbocycles. The molecule has 0 amide bonds. The fraction of sp³-hybridized carbons (Fsp3) is 0. The number of hydrogen-bond donors (Lipinski definition) is 2. The number of aromatic hydroxyl groups is 1. The lowest BCUT2D eigenvalue weighted by molar-refractivity contribution is 0.455. The zero-order valence-electron chi connectivity index (χ0n) is 7.73. The van der Waals surface area contributed by atoms with Crippen LogP contribution in [0.25, 0.3) is 5.69 Å². The summed E-state index contributed by atoms with van der Waals surface area (Å²) in [5.74, 6) is 0.124. The van der Waals surface area contributed by atoms with E-state index in [2.05, 4.69) is 10.1 Å². The van der Waals surface area contributed by atoms with Crippen molar-refractivity contribution in [2.24, 2.45) is 0 Å². The lowest BCUT2D eigenvalue weighted by atomic mass is 10.3. The first-order chi connectivity index (χ1) is 6.81. The van der Waals surface area contributed by atoms with Gasteiger partial charge in [-0.3, -0.25) is 9.55 Å². The van der Waals surface area contributed by atoms with Crippen LogP contribution in [-0.2, 0) is 0 Å². The van der Waals surface area contributed by atoms with Crippen LogP contribution in [0.4, 0.5) is 0 Å². The summed E-state index contributed by atoms with van der Waals surface area (Å²) in [6.07, 6.45) is 1.44. The van der Waals surface area contributed by atoms with Crippen LogP contribution in [-0.4, -0.2) is 16.1 Å². The largest absolute Gasteiger partial charge is 0.493 e. The van der Waals surface area contributed by atoms with Crippen molar-refractivity contribution in [2.75, 3.05) is 0 Å². The minimum atomic E-state index is -0.321. The highest BCUT2D eigenvalue weighted by Crippen LogP contribution is 2.06. The fourth-order valence-electron chi connectivity index (χ4n) is 1.15. The molecular formula is C9H8N2O2. The normalized spacial score (nSPS) is 10.9. The number of para-hydroxylation sites is 1. The van der Waals surface area contributed by atoms with Crippen LogP contribution in [0.3, 0.4) is 0 Å². The number of hydrogen-bond acceptors (Lipinski definition) is 2. The summed E-state index contributed by atoms with van der Waals surface area (Å²) in [4.78, 5) is 13.7. The zero-order chi connectivity index (χ0) is 9.97. The second-order valence-electron chi connectivity index (χ2n) is 2.63. The summed E-state index contributed by atoms with van der Waals surface area (Å²) in [5, 5.41) is 4.17. The number of imidazole rings is 1. The topological polar surface area (TPSA) is 58.0 Å². The number of nitrogens with zero attached hydrogens (tertiary/aromatic N) is 1. The van der Waals surface area contributed by atoms with Gasteiger partial charge in [0.05, 0.1) is 11.9 Å². The lowest BCUT2D eigenvalue weighted by Gasteiger charge is -1.97. The van der Waals surface area contributed by atoms with E-state index < -0.39 is 0 Å². The first kappa shape index (κ1) is 6.54. The molecule has 0 fully saturated rings. The Morgan fingerprint density at radius 3 is 2.77 bits per heavy atom. The Balaban J connectivity index is 2.52. The average Bonchev–Trinajstić information content (AvgIpc) is 2.61. The first-order valence-corrected chi connectivity index (χ1v) is 3.81. The van der Waals surface area contributed by atoms with E-state index in [9.17, 15) is 4.79 Å². The van der Waals surface area contributed by atoms with Gasteiger partial charge in [0, 0.05) is 0 Å². The highest BCUT2D eigenvalue weighted by Gasteiger charge is 2.01. The standard InChI is InChI=1S/C9H8N2O2/c12-8-6-11(9(13)10-8)7-4-2-1-3-5-7/h1-6,12H,(H,10,13)/i/hD. The molecule has 0 bridgehead atoms. The molecule has 0 aliphatic heterocycles. The Kier molecular flexibility index (Phi) is 1.42. The first-order valence-electron chi connectivity index (χ1n) is 4.22. The van der Waals surface area contributed by atoms with Crippen molar-refractivity contribution in [3.05, 3.63) is 47.0 Å². The number of nitrogens with one attached hydrogen (secondary N) is 1. The Hall–Kier alpha value is -1.97. The van der Waals surface area contributed by atoms with Crippen molar-refractivity contribution in [3.63, 3.8) is 0 Å². The van der Waals surface area contributed by atoms with Gasteiger partial charge < -0.3 is 5.11 Å². The smallest absolute Gasteiger partial charge is 0.332 e. The van der Waals surface area contributed by atoms with Gasteiger partial charge in [-0.25, -0.2) is 4.79 Å². The van der Waals surface area contributed by atoms with Gasteiger partial charge in [0.15, 0.2) is 0 Å². The maximum atomic E-state index is 11.3. The molecule has 0 aliphatic rings. The molecule has 66 valence electrons. The van der Waals surface area contributed by atoms with E-state index >= 15 is 0 Å². The predicted octanol–water partition coefficient (Wildman–Crippen LogP) is 0.871. The van der Waals surface area contributed by atoms with Crippen LogP contribution in [0.5, 0.6) is 5.88 Å². The van der Waals surface area contributed by atoms with E-state index in [0.717, 1.165) is 5.69 Å². The van der Waals surface area contributed by atoms with Gasteiger partial charge in [-0.05, 0) is 12.1 Å².